The Hall–Kier alpha value is -13.4. The van der Waals surface area contributed by atoms with Crippen molar-refractivity contribution in [2.75, 3.05) is 0 Å². The summed E-state index contributed by atoms with van der Waals surface area (Å²) in [6, 6.07) is 63.3. The van der Waals surface area contributed by atoms with Gasteiger partial charge in [-0.1, -0.05) is 48.5 Å². The number of nitrogens with zero attached hydrogens (tertiary/aromatic N) is 12. The third-order valence-corrected chi connectivity index (χ3v) is 14.7. The molecule has 0 aliphatic heterocycles. The number of aromatic nitrogens is 2. The summed E-state index contributed by atoms with van der Waals surface area (Å²) in [5.74, 6) is -0.688. The van der Waals surface area contributed by atoms with Gasteiger partial charge in [-0.15, -0.1) is 0 Å². The van der Waals surface area contributed by atoms with E-state index >= 15 is 4.39 Å². The van der Waals surface area contributed by atoms with Crippen LogP contribution in [0.2, 0.25) is 0 Å². The molecule has 83 heavy (non-hydrogen) atoms. The Morgan fingerprint density at radius 2 is 0.639 bits per heavy atom. The minimum atomic E-state index is -0.688. The highest BCUT2D eigenvalue weighted by Gasteiger charge is 2.25. The fourth-order valence-corrected chi connectivity index (χ4v) is 11.0. The van der Waals surface area contributed by atoms with E-state index < -0.39 is 5.82 Å². The van der Waals surface area contributed by atoms with Gasteiger partial charge in [0, 0.05) is 38.2 Å². The van der Waals surface area contributed by atoms with Crippen LogP contribution in [0, 0.1) is 100 Å². The zero-order valence-corrected chi connectivity index (χ0v) is 43.0. The second-order valence-corrected chi connectivity index (χ2v) is 19.4. The third kappa shape index (κ3) is 8.65. The minimum absolute atomic E-state index is 0.101. The van der Waals surface area contributed by atoms with Crippen LogP contribution in [-0.4, -0.2) is 9.13 Å². The molecule has 0 aliphatic carbocycles. The maximum absolute atomic E-state index is 16.7. The van der Waals surface area contributed by atoms with Crippen LogP contribution in [0.3, 0.4) is 0 Å². The standard InChI is InChI=1S/C70H29FN12/c1-78-54-20-43(37-75)18-50(23-54)46-7-12-66-60(28-46)59-27-45(49-16-41(35-73)15-42(17-49)36-74)6-11-65(59)82(66)69-31-53(58-10-5-40(34-72)22-64(58)71)32-70(63(69)39-77)83-67-13-8-47(51-19-44(38-76)21-55(24-51)79-2)29-61(67)62-30-48(9-14-68(62)83)52-25-56(80-3)33-57(26-52)81-4/h5-33H. The zero-order valence-electron chi connectivity index (χ0n) is 43.0. The number of hydrogen-bond donors (Lipinski definition) is 0. The first-order valence-electron chi connectivity index (χ1n) is 25.2. The van der Waals surface area contributed by atoms with Gasteiger partial charge in [-0.25, -0.2) is 23.8 Å². The van der Waals surface area contributed by atoms with Crippen LogP contribution in [-0.2, 0) is 0 Å². The lowest BCUT2D eigenvalue weighted by molar-refractivity contribution is 0.631. The fourth-order valence-electron chi connectivity index (χ4n) is 11.0. The largest absolute Gasteiger partial charge is 0.308 e. The molecule has 12 nitrogen and oxygen atoms in total. The van der Waals surface area contributed by atoms with Crippen molar-refractivity contribution in [3.8, 4) is 103 Å². The minimum Gasteiger partial charge on any atom is -0.308 e. The van der Waals surface area contributed by atoms with Crippen LogP contribution in [0.1, 0.15) is 33.4 Å². The smallest absolute Gasteiger partial charge is 0.189 e. The monoisotopic (exact) mass is 1060 g/mol. The molecule has 2 aromatic heterocycles. The molecule has 0 spiro atoms. The molecule has 10 aromatic carbocycles. The summed E-state index contributed by atoms with van der Waals surface area (Å²) in [6.07, 6.45) is 0. The molecule has 12 rings (SSSR count). The molecule has 12 aromatic rings. The van der Waals surface area contributed by atoms with E-state index in [2.05, 4.69) is 49.7 Å². The number of fused-ring (bicyclic) bond motifs is 6. The molecule has 0 bridgehead atoms. The lowest BCUT2D eigenvalue weighted by Crippen LogP contribution is -2.05. The Morgan fingerprint density at radius 3 is 0.976 bits per heavy atom. The summed E-state index contributed by atoms with van der Waals surface area (Å²) in [7, 11) is 0. The van der Waals surface area contributed by atoms with Crippen LogP contribution >= 0.6 is 0 Å². The molecule has 0 N–H and O–H groups in total. The number of hydrogen-bond acceptors (Lipinski definition) is 6. The van der Waals surface area contributed by atoms with Gasteiger partial charge < -0.3 is 9.13 Å². The summed E-state index contributed by atoms with van der Waals surface area (Å²) in [5.41, 5.74) is 11.4. The average molecular weight is 1060 g/mol. The van der Waals surface area contributed by atoms with E-state index in [0.29, 0.717) is 127 Å². The van der Waals surface area contributed by atoms with Crippen LogP contribution in [0.15, 0.2) is 176 Å². The van der Waals surface area contributed by atoms with Crippen molar-refractivity contribution >= 4 is 66.4 Å². The van der Waals surface area contributed by atoms with Crippen LogP contribution in [0.4, 0.5) is 27.1 Å². The zero-order chi connectivity index (χ0) is 57.6. The molecule has 0 unspecified atom stereocenters. The van der Waals surface area contributed by atoms with E-state index in [1.54, 1.807) is 60.7 Å². The molecule has 2 heterocycles. The fraction of sp³-hybridized carbons (Fsp3) is 0. The Labute approximate surface area is 473 Å². The van der Waals surface area contributed by atoms with Gasteiger partial charge in [0.2, 0.25) is 0 Å². The second-order valence-electron chi connectivity index (χ2n) is 19.4. The average Bonchev–Trinajstić information content (AvgIpc) is 3.86. The molecule has 13 heteroatoms. The van der Waals surface area contributed by atoms with Gasteiger partial charge in [0.05, 0.1) is 107 Å². The maximum atomic E-state index is 16.7. The topological polar surface area (TPSA) is 170 Å². The van der Waals surface area contributed by atoms with E-state index in [-0.39, 0.29) is 39.4 Å². The predicted molar refractivity (Wildman–Crippen MR) is 316 cm³/mol. The summed E-state index contributed by atoms with van der Waals surface area (Å²) in [5, 5.41) is 64.4. The van der Waals surface area contributed by atoms with E-state index in [4.69, 9.17) is 26.3 Å². The van der Waals surface area contributed by atoms with Crippen LogP contribution in [0.5, 0.6) is 0 Å². The Morgan fingerprint density at radius 1 is 0.301 bits per heavy atom. The first-order chi connectivity index (χ1) is 40.5. The first-order valence-corrected chi connectivity index (χ1v) is 25.2. The Kier molecular flexibility index (Phi) is 12.3. The number of rotatable bonds is 7. The summed E-state index contributed by atoms with van der Waals surface area (Å²) < 4.78 is 20.6. The van der Waals surface area contributed by atoms with Gasteiger partial charge >= 0.3 is 0 Å². The van der Waals surface area contributed by atoms with Crippen molar-refractivity contribution in [2.45, 2.75) is 0 Å². The number of benzene rings is 10. The highest BCUT2D eigenvalue weighted by molar-refractivity contribution is 6.14. The van der Waals surface area contributed by atoms with Gasteiger partial charge in [-0.3, -0.25) is 0 Å². The van der Waals surface area contributed by atoms with Crippen molar-refractivity contribution in [1.29, 1.82) is 31.6 Å². The van der Waals surface area contributed by atoms with Crippen molar-refractivity contribution in [3.05, 3.63) is 261 Å². The molecule has 0 atom stereocenters. The Balaban J connectivity index is 1.20. The van der Waals surface area contributed by atoms with Crippen LogP contribution < -0.4 is 0 Å². The Bertz CT molecular complexity index is 4680. The van der Waals surface area contributed by atoms with E-state index in [9.17, 15) is 31.6 Å². The lowest BCUT2D eigenvalue weighted by Gasteiger charge is -2.19. The molecule has 0 radical (unpaired) electrons. The van der Waals surface area contributed by atoms with Gasteiger partial charge in [-0.05, 0) is 177 Å². The highest BCUT2D eigenvalue weighted by atomic mass is 19.1. The third-order valence-electron chi connectivity index (χ3n) is 14.7. The van der Waals surface area contributed by atoms with E-state index in [1.165, 1.54) is 36.4 Å². The maximum Gasteiger partial charge on any atom is 0.189 e. The van der Waals surface area contributed by atoms with Gasteiger partial charge in [-0.2, -0.15) is 31.6 Å². The quantitative estimate of drug-likeness (QED) is 0.144. The van der Waals surface area contributed by atoms with Gasteiger partial charge in [0.25, 0.3) is 0 Å². The second kappa shape index (κ2) is 20.2. The van der Waals surface area contributed by atoms with Crippen molar-refractivity contribution in [1.82, 2.24) is 9.13 Å². The van der Waals surface area contributed by atoms with Gasteiger partial charge in [0.15, 0.2) is 22.7 Å². The number of nitriles is 6. The van der Waals surface area contributed by atoms with E-state index in [0.717, 1.165) is 6.07 Å². The predicted octanol–water partition coefficient (Wildman–Crippen LogP) is 17.8. The molecule has 376 valence electrons. The molecule has 0 amide bonds. The van der Waals surface area contributed by atoms with Crippen molar-refractivity contribution in [2.24, 2.45) is 0 Å². The van der Waals surface area contributed by atoms with Crippen molar-refractivity contribution in [3.63, 3.8) is 0 Å². The molecule has 0 aliphatic rings. The SMILES string of the molecule is [C-]#[N+]c1cc(C#N)cc(-c2ccc3c(c2)c2cc(-c4cc(C#N)cc(C#N)c4)ccc2n3-c2cc(-c3ccc(C#N)cc3F)cc(-n3c4ccc(-c5cc(C#N)cc([N+]#[C-])c5)cc4c4cc(-c5cc([N+]#[C-])cc([N+]#[C-])c5)ccc43)c2C#N)c1. The van der Waals surface area contributed by atoms with Crippen LogP contribution in [0.25, 0.3) is 130 Å². The lowest BCUT2D eigenvalue weighted by atomic mass is 9.97. The molecule has 0 saturated carbocycles. The van der Waals surface area contributed by atoms with E-state index in [1.807, 2.05) is 88.0 Å². The number of halogens is 1. The first kappa shape index (κ1) is 50.4. The van der Waals surface area contributed by atoms with Gasteiger partial charge in [0.1, 0.15) is 17.4 Å². The highest BCUT2D eigenvalue weighted by Crippen LogP contribution is 2.45. The molecular formula is C70H29FN12. The summed E-state index contributed by atoms with van der Waals surface area (Å²) in [4.78, 5) is 14.5. The normalized spacial score (nSPS) is 10.6. The summed E-state index contributed by atoms with van der Waals surface area (Å²) >= 11 is 0. The molecule has 0 fully saturated rings. The van der Waals surface area contributed by atoms with Crippen molar-refractivity contribution < 1.29 is 4.39 Å². The molecule has 0 saturated heterocycles. The summed E-state index contributed by atoms with van der Waals surface area (Å²) in [6.45, 7) is 31.2. The molecular weight excluding hydrogens is 1030 g/mol.